The molecule has 2 rings (SSSR count). The number of carbonyl (C=O) groups is 2. The normalized spacial score (nSPS) is 27.4. The molecule has 0 aromatic heterocycles. The largest absolute Gasteiger partial charge is 0.345 e. The van der Waals surface area contributed by atoms with Crippen molar-refractivity contribution in [2.75, 3.05) is 0 Å². The van der Waals surface area contributed by atoms with Crippen molar-refractivity contribution in [1.82, 2.24) is 5.32 Å². The molecule has 0 aliphatic heterocycles. The number of ketones is 1. The van der Waals surface area contributed by atoms with Gasteiger partial charge in [-0.15, -0.1) is 0 Å². The van der Waals surface area contributed by atoms with E-state index in [4.69, 9.17) is 0 Å². The van der Waals surface area contributed by atoms with Crippen molar-refractivity contribution < 1.29 is 9.59 Å². The second-order valence-electron chi connectivity index (χ2n) is 9.83. The van der Waals surface area contributed by atoms with Crippen molar-refractivity contribution in [2.45, 2.75) is 86.1 Å². The van der Waals surface area contributed by atoms with E-state index >= 15 is 0 Å². The lowest BCUT2D eigenvalue weighted by Gasteiger charge is -2.35. The molecular weight excluding hydrogens is 286 g/mol. The summed E-state index contributed by atoms with van der Waals surface area (Å²) < 4.78 is 0. The predicted octanol–water partition coefficient (Wildman–Crippen LogP) is 4.35. The number of amides is 1. The van der Waals surface area contributed by atoms with E-state index in [0.29, 0.717) is 5.92 Å². The van der Waals surface area contributed by atoms with Crippen LogP contribution in [0.3, 0.4) is 0 Å². The summed E-state index contributed by atoms with van der Waals surface area (Å²) in [5.74, 6) is 1.70. The van der Waals surface area contributed by atoms with Gasteiger partial charge in [-0.05, 0) is 23.7 Å². The van der Waals surface area contributed by atoms with Crippen LogP contribution in [0.2, 0.25) is 0 Å². The molecule has 0 aromatic carbocycles. The van der Waals surface area contributed by atoms with E-state index < -0.39 is 11.5 Å². The lowest BCUT2D eigenvalue weighted by molar-refractivity contribution is -0.135. The number of hydrogen-bond donors (Lipinski definition) is 1. The fraction of sp³-hybridized carbons (Fsp3) is 0.900. The highest BCUT2D eigenvalue weighted by Crippen LogP contribution is 2.49. The highest BCUT2D eigenvalue weighted by atomic mass is 16.2. The topological polar surface area (TPSA) is 46.2 Å². The fourth-order valence-corrected chi connectivity index (χ4v) is 3.96. The Balaban J connectivity index is 1.98. The summed E-state index contributed by atoms with van der Waals surface area (Å²) in [7, 11) is 0. The summed E-state index contributed by atoms with van der Waals surface area (Å²) in [6.45, 7) is 11.9. The predicted molar refractivity (Wildman–Crippen MR) is 94.0 cm³/mol. The molecule has 132 valence electrons. The zero-order valence-corrected chi connectivity index (χ0v) is 15.9. The van der Waals surface area contributed by atoms with Crippen molar-refractivity contribution in [3.63, 3.8) is 0 Å². The number of carbonyl (C=O) groups excluding carboxylic acids is 2. The zero-order valence-electron chi connectivity index (χ0n) is 15.9. The van der Waals surface area contributed by atoms with E-state index in [9.17, 15) is 9.59 Å². The summed E-state index contributed by atoms with van der Waals surface area (Å²) in [5, 5.41) is 3.11. The van der Waals surface area contributed by atoms with Gasteiger partial charge in [-0.3, -0.25) is 9.59 Å². The van der Waals surface area contributed by atoms with E-state index in [-0.39, 0.29) is 23.0 Å². The summed E-state index contributed by atoms with van der Waals surface area (Å²) >= 11 is 0. The van der Waals surface area contributed by atoms with Crippen molar-refractivity contribution in [1.29, 1.82) is 0 Å². The van der Waals surface area contributed by atoms with Gasteiger partial charge in [0.2, 0.25) is 5.91 Å². The first kappa shape index (κ1) is 18.5. The molecule has 23 heavy (non-hydrogen) atoms. The third-order valence-corrected chi connectivity index (χ3v) is 5.59. The summed E-state index contributed by atoms with van der Waals surface area (Å²) in [4.78, 5) is 25.4. The minimum absolute atomic E-state index is 0.109. The van der Waals surface area contributed by atoms with Gasteiger partial charge in [-0.2, -0.15) is 0 Å². The molecule has 3 heteroatoms. The second kappa shape index (κ2) is 6.57. The number of rotatable bonds is 4. The van der Waals surface area contributed by atoms with Gasteiger partial charge in [-0.1, -0.05) is 73.6 Å². The molecule has 0 aromatic rings. The minimum atomic E-state index is -0.433. The first-order chi connectivity index (χ1) is 10.5. The first-order valence-corrected chi connectivity index (χ1v) is 9.36. The Morgan fingerprint density at radius 2 is 1.52 bits per heavy atom. The molecule has 2 aliphatic carbocycles. The molecular formula is C20H35NO2. The Morgan fingerprint density at radius 3 is 2.00 bits per heavy atom. The molecule has 0 saturated heterocycles. The van der Waals surface area contributed by atoms with Crippen LogP contribution >= 0.6 is 0 Å². The molecule has 0 bridgehead atoms. The fourth-order valence-electron chi connectivity index (χ4n) is 3.96. The molecule has 2 fully saturated rings. The van der Waals surface area contributed by atoms with Crippen molar-refractivity contribution in [3.05, 3.63) is 0 Å². The summed E-state index contributed by atoms with van der Waals surface area (Å²) in [6, 6.07) is -0.400. The Hall–Kier alpha value is -0.860. The van der Waals surface area contributed by atoms with E-state index in [2.05, 4.69) is 5.32 Å². The smallest absolute Gasteiger partial charge is 0.224 e. The number of nitrogens with one attached hydrogen (secondary N) is 1. The molecule has 1 N–H and O–H groups in total. The minimum Gasteiger partial charge on any atom is -0.345 e. The molecule has 2 aliphatic rings. The van der Waals surface area contributed by atoms with Crippen LogP contribution in [0.5, 0.6) is 0 Å². The summed E-state index contributed by atoms with van der Waals surface area (Å²) in [6.07, 6.45) is 7.60. The second-order valence-corrected chi connectivity index (χ2v) is 9.83. The van der Waals surface area contributed by atoms with E-state index in [1.54, 1.807) is 0 Å². The Morgan fingerprint density at radius 1 is 0.957 bits per heavy atom. The molecule has 3 nitrogen and oxygen atoms in total. The van der Waals surface area contributed by atoms with E-state index in [1.807, 2.05) is 41.5 Å². The molecule has 0 radical (unpaired) electrons. The van der Waals surface area contributed by atoms with Gasteiger partial charge in [0.15, 0.2) is 5.78 Å². The van der Waals surface area contributed by atoms with Crippen LogP contribution in [-0.4, -0.2) is 17.7 Å². The SMILES string of the molecule is CC(C)(C)C(=O)[C@@H](NC(=O)[C@@H]1C[C@@H]1C1CCCCC1)C(C)(C)C. The third kappa shape index (κ3) is 4.58. The average molecular weight is 322 g/mol. The highest BCUT2D eigenvalue weighted by Gasteiger charge is 2.49. The number of Topliss-reactive ketones (excluding diaryl/α,β-unsaturated/α-hetero) is 1. The third-order valence-electron chi connectivity index (χ3n) is 5.59. The maximum Gasteiger partial charge on any atom is 0.224 e. The molecule has 0 spiro atoms. The quantitative estimate of drug-likeness (QED) is 0.836. The molecule has 3 atom stereocenters. The van der Waals surface area contributed by atoms with Crippen LogP contribution < -0.4 is 5.32 Å². The Kier molecular flexibility index (Phi) is 5.27. The number of hydrogen-bond acceptors (Lipinski definition) is 2. The van der Waals surface area contributed by atoms with Crippen LogP contribution in [0.1, 0.15) is 80.1 Å². The maximum atomic E-state index is 12.8. The molecule has 0 unspecified atom stereocenters. The lowest BCUT2D eigenvalue weighted by atomic mass is 9.75. The van der Waals surface area contributed by atoms with Crippen molar-refractivity contribution >= 4 is 11.7 Å². The monoisotopic (exact) mass is 321 g/mol. The Labute approximate surface area is 142 Å². The van der Waals surface area contributed by atoms with Gasteiger partial charge < -0.3 is 5.32 Å². The van der Waals surface area contributed by atoms with Gasteiger partial charge in [0.25, 0.3) is 0 Å². The van der Waals surface area contributed by atoms with Crippen molar-refractivity contribution in [2.24, 2.45) is 28.6 Å². The van der Waals surface area contributed by atoms with Gasteiger partial charge in [-0.25, -0.2) is 0 Å². The van der Waals surface area contributed by atoms with Crippen LogP contribution in [0, 0.1) is 28.6 Å². The molecule has 0 heterocycles. The maximum absolute atomic E-state index is 12.8. The van der Waals surface area contributed by atoms with Crippen LogP contribution in [-0.2, 0) is 9.59 Å². The molecule has 1 amide bonds. The standard InChI is InChI=1S/C20H35NO2/c1-19(2,3)16(17(22)20(4,5)6)21-18(23)15-12-14(15)13-10-8-7-9-11-13/h13-16H,7-12H2,1-6H3,(H,21,23)/t14-,15-,16-/m1/s1. The lowest BCUT2D eigenvalue weighted by Crippen LogP contribution is -2.53. The zero-order chi connectivity index (χ0) is 17.4. The van der Waals surface area contributed by atoms with E-state index in [1.165, 1.54) is 32.1 Å². The van der Waals surface area contributed by atoms with Crippen LogP contribution in [0.15, 0.2) is 0 Å². The van der Waals surface area contributed by atoms with Crippen molar-refractivity contribution in [3.8, 4) is 0 Å². The van der Waals surface area contributed by atoms with Gasteiger partial charge in [0.05, 0.1) is 6.04 Å². The molecule has 2 saturated carbocycles. The van der Waals surface area contributed by atoms with Gasteiger partial charge in [0.1, 0.15) is 0 Å². The summed E-state index contributed by atoms with van der Waals surface area (Å²) in [5.41, 5.74) is -0.688. The first-order valence-electron chi connectivity index (χ1n) is 9.36. The van der Waals surface area contributed by atoms with Crippen LogP contribution in [0.25, 0.3) is 0 Å². The van der Waals surface area contributed by atoms with Crippen LogP contribution in [0.4, 0.5) is 0 Å². The van der Waals surface area contributed by atoms with Gasteiger partial charge >= 0.3 is 0 Å². The average Bonchev–Trinajstić information content (AvgIpc) is 3.23. The highest BCUT2D eigenvalue weighted by molar-refractivity contribution is 5.94. The Bertz CT molecular complexity index is 449. The van der Waals surface area contributed by atoms with Gasteiger partial charge in [0, 0.05) is 11.3 Å². The van der Waals surface area contributed by atoms with E-state index in [0.717, 1.165) is 12.3 Å².